The molecule has 0 spiro atoms. The highest BCUT2D eigenvalue weighted by Gasteiger charge is 2.31. The van der Waals surface area contributed by atoms with Crippen LogP contribution in [0.4, 0.5) is 0 Å². The molecule has 16 nitrogen and oxygen atoms in total. The minimum Gasteiger partial charge on any atom is -0.481 e. The van der Waals surface area contributed by atoms with E-state index in [9.17, 15) is 33.9 Å². The molecule has 4 atom stereocenters. The normalized spacial score (nSPS) is 17.0. The Hall–Kier alpha value is -3.95. The molecule has 1 fully saturated rings. The van der Waals surface area contributed by atoms with Gasteiger partial charge in [0.25, 0.3) is 0 Å². The van der Waals surface area contributed by atoms with Crippen LogP contribution in [0, 0.1) is 0 Å². The molecule has 0 aromatic carbocycles. The topological polar surface area (TPSA) is 276 Å². The number of nitrogens with two attached hydrogens (primary N) is 2. The van der Waals surface area contributed by atoms with Crippen LogP contribution in [0.3, 0.4) is 0 Å². The molecule has 208 valence electrons. The number of hydrogen-bond donors (Lipinski definition) is 9. The summed E-state index contributed by atoms with van der Waals surface area (Å²) in [7, 11) is 0. The molecule has 0 aliphatic carbocycles. The van der Waals surface area contributed by atoms with E-state index >= 15 is 0 Å². The average Bonchev–Trinajstić information content (AvgIpc) is 3.35. The molecule has 1 rings (SSSR count). The largest absolute Gasteiger partial charge is 0.481 e. The van der Waals surface area contributed by atoms with Crippen molar-refractivity contribution < 1.29 is 44.1 Å². The van der Waals surface area contributed by atoms with Crippen LogP contribution in [0.25, 0.3) is 0 Å². The van der Waals surface area contributed by atoms with Gasteiger partial charge in [-0.2, -0.15) is 0 Å². The van der Waals surface area contributed by atoms with Gasteiger partial charge in [-0.05, 0) is 45.1 Å². The van der Waals surface area contributed by atoms with Crippen molar-refractivity contribution in [1.82, 2.24) is 21.3 Å². The van der Waals surface area contributed by atoms with Crippen LogP contribution in [0.2, 0.25) is 0 Å². The van der Waals surface area contributed by atoms with E-state index in [1.807, 2.05) is 0 Å². The summed E-state index contributed by atoms with van der Waals surface area (Å²) in [5, 5.41) is 37.3. The second-order valence-corrected chi connectivity index (χ2v) is 8.48. The number of carboxylic acid groups (broad SMARTS) is 3. The number of carboxylic acids is 3. The number of aliphatic carboxylic acids is 3. The van der Waals surface area contributed by atoms with Gasteiger partial charge < -0.3 is 48.1 Å². The lowest BCUT2D eigenvalue weighted by Crippen LogP contribution is -2.57. The predicted octanol–water partition coefficient (Wildman–Crippen LogP) is -2.94. The number of rotatable bonds is 17. The number of carbonyl (C=O) groups is 6. The van der Waals surface area contributed by atoms with Gasteiger partial charge in [-0.1, -0.05) is 0 Å². The van der Waals surface area contributed by atoms with Crippen molar-refractivity contribution in [3.63, 3.8) is 0 Å². The summed E-state index contributed by atoms with van der Waals surface area (Å²) in [6.07, 6.45) is -0.137. The van der Waals surface area contributed by atoms with Crippen LogP contribution in [0.5, 0.6) is 0 Å². The standard InChI is InChI=1S/C21H35N7O9/c22-21(23)25-10-2-4-12(26-17(33)11-3-1-9-24-11)18(34)27-13(5-7-15(29)30)19(35)28-14(20(36)37)6-8-16(31)32/h11-14,24H,1-10H2,(H,26,33)(H,27,34)(H,28,35)(H,29,30)(H,31,32)(H,36,37)(H4,22,23,25). The van der Waals surface area contributed by atoms with Gasteiger partial charge in [0.15, 0.2) is 5.96 Å². The van der Waals surface area contributed by atoms with E-state index in [0.717, 1.165) is 6.42 Å². The molecule has 4 unspecified atom stereocenters. The predicted molar refractivity (Wildman–Crippen MR) is 128 cm³/mol. The van der Waals surface area contributed by atoms with Crippen molar-refractivity contribution in [2.24, 2.45) is 16.5 Å². The van der Waals surface area contributed by atoms with Crippen LogP contribution in [0.1, 0.15) is 51.4 Å². The highest BCUT2D eigenvalue weighted by molar-refractivity contribution is 5.94. The fourth-order valence-electron chi connectivity index (χ4n) is 3.56. The summed E-state index contributed by atoms with van der Waals surface area (Å²) in [6.45, 7) is 0.806. The zero-order valence-corrected chi connectivity index (χ0v) is 20.3. The molecule has 37 heavy (non-hydrogen) atoms. The minimum atomic E-state index is -1.57. The quantitative estimate of drug-likeness (QED) is 0.0520. The van der Waals surface area contributed by atoms with Crippen LogP contribution in [-0.4, -0.2) is 94.2 Å². The first kappa shape index (κ1) is 31.1. The number of guanidine groups is 1. The lowest BCUT2D eigenvalue weighted by atomic mass is 10.1. The molecule has 11 N–H and O–H groups in total. The van der Waals surface area contributed by atoms with E-state index in [0.29, 0.717) is 13.0 Å². The van der Waals surface area contributed by atoms with Gasteiger partial charge in [0.1, 0.15) is 18.1 Å². The Morgan fingerprint density at radius 3 is 1.86 bits per heavy atom. The SMILES string of the molecule is NC(N)=NCCCC(NC(=O)C1CCCN1)C(=O)NC(CCC(=O)O)C(=O)NC(CCC(=O)O)C(=O)O. The Bertz CT molecular complexity index is 870. The first-order valence-corrected chi connectivity index (χ1v) is 11.8. The van der Waals surface area contributed by atoms with Crippen LogP contribution >= 0.6 is 0 Å². The Labute approximate surface area is 212 Å². The van der Waals surface area contributed by atoms with Gasteiger partial charge in [0.05, 0.1) is 6.04 Å². The maximum absolute atomic E-state index is 13.1. The average molecular weight is 530 g/mol. The third-order valence-electron chi connectivity index (χ3n) is 5.50. The third-order valence-corrected chi connectivity index (χ3v) is 5.50. The Morgan fingerprint density at radius 2 is 1.38 bits per heavy atom. The van der Waals surface area contributed by atoms with Crippen LogP contribution in [-0.2, 0) is 28.8 Å². The monoisotopic (exact) mass is 529 g/mol. The number of nitrogens with zero attached hydrogens (tertiary/aromatic N) is 1. The first-order chi connectivity index (χ1) is 17.4. The molecule has 1 aliphatic heterocycles. The summed E-state index contributed by atoms with van der Waals surface area (Å²) < 4.78 is 0. The molecule has 1 saturated heterocycles. The van der Waals surface area contributed by atoms with Crippen molar-refractivity contribution in [3.05, 3.63) is 0 Å². The summed E-state index contributed by atoms with van der Waals surface area (Å²) in [5.41, 5.74) is 10.6. The molecular weight excluding hydrogens is 494 g/mol. The number of aliphatic imine (C=N–C) groups is 1. The van der Waals surface area contributed by atoms with Crippen molar-refractivity contribution in [2.75, 3.05) is 13.1 Å². The van der Waals surface area contributed by atoms with Gasteiger partial charge in [0, 0.05) is 19.4 Å². The first-order valence-electron chi connectivity index (χ1n) is 11.8. The van der Waals surface area contributed by atoms with Gasteiger partial charge in [-0.15, -0.1) is 0 Å². The van der Waals surface area contributed by atoms with Crippen molar-refractivity contribution in [1.29, 1.82) is 0 Å². The maximum Gasteiger partial charge on any atom is 0.326 e. The number of hydrogen-bond acceptors (Lipinski definition) is 8. The molecule has 1 aliphatic rings. The van der Waals surface area contributed by atoms with Crippen molar-refractivity contribution in [2.45, 2.75) is 75.5 Å². The molecule has 0 aromatic heterocycles. The second kappa shape index (κ2) is 15.9. The van der Waals surface area contributed by atoms with E-state index in [1.54, 1.807) is 0 Å². The smallest absolute Gasteiger partial charge is 0.326 e. The summed E-state index contributed by atoms with van der Waals surface area (Å²) >= 11 is 0. The zero-order chi connectivity index (χ0) is 28.0. The highest BCUT2D eigenvalue weighted by Crippen LogP contribution is 2.08. The Kier molecular flexibility index (Phi) is 13.4. The maximum atomic E-state index is 13.1. The van der Waals surface area contributed by atoms with E-state index < -0.39 is 79.1 Å². The van der Waals surface area contributed by atoms with Gasteiger partial charge in [0.2, 0.25) is 17.7 Å². The summed E-state index contributed by atoms with van der Waals surface area (Å²) in [5.74, 6) is -6.40. The van der Waals surface area contributed by atoms with Crippen LogP contribution < -0.4 is 32.7 Å². The van der Waals surface area contributed by atoms with Gasteiger partial charge in [-0.25, -0.2) is 4.79 Å². The zero-order valence-electron chi connectivity index (χ0n) is 20.3. The number of nitrogens with one attached hydrogen (secondary N) is 4. The molecule has 16 heteroatoms. The van der Waals surface area contributed by atoms with E-state index in [4.69, 9.17) is 21.7 Å². The highest BCUT2D eigenvalue weighted by atomic mass is 16.4. The van der Waals surface area contributed by atoms with E-state index in [2.05, 4.69) is 26.3 Å². The van der Waals surface area contributed by atoms with E-state index in [-0.39, 0.29) is 31.8 Å². The molecule has 1 heterocycles. The lowest BCUT2D eigenvalue weighted by Gasteiger charge is -2.25. The molecule has 0 saturated carbocycles. The Morgan fingerprint density at radius 1 is 0.838 bits per heavy atom. The number of amides is 3. The molecule has 3 amide bonds. The lowest BCUT2D eigenvalue weighted by molar-refractivity contribution is -0.144. The third kappa shape index (κ3) is 12.5. The number of carbonyl (C=O) groups excluding carboxylic acids is 3. The van der Waals surface area contributed by atoms with Gasteiger partial charge >= 0.3 is 17.9 Å². The molecular formula is C21H35N7O9. The molecule has 0 aromatic rings. The molecule has 0 bridgehead atoms. The minimum absolute atomic E-state index is 0.0880. The van der Waals surface area contributed by atoms with Crippen molar-refractivity contribution in [3.8, 4) is 0 Å². The van der Waals surface area contributed by atoms with Crippen molar-refractivity contribution >= 4 is 41.6 Å². The molecule has 0 radical (unpaired) electrons. The Balaban J connectivity index is 2.99. The van der Waals surface area contributed by atoms with E-state index in [1.165, 1.54) is 0 Å². The fraction of sp³-hybridized carbons (Fsp3) is 0.667. The van der Waals surface area contributed by atoms with Crippen LogP contribution in [0.15, 0.2) is 4.99 Å². The summed E-state index contributed by atoms with van der Waals surface area (Å²) in [4.78, 5) is 75.5. The second-order valence-electron chi connectivity index (χ2n) is 8.48. The summed E-state index contributed by atoms with van der Waals surface area (Å²) in [6, 6.07) is -4.65. The van der Waals surface area contributed by atoms with Gasteiger partial charge in [-0.3, -0.25) is 29.0 Å². The fourth-order valence-corrected chi connectivity index (χ4v) is 3.56.